The summed E-state index contributed by atoms with van der Waals surface area (Å²) in [6, 6.07) is 7.39. The third-order valence-electron chi connectivity index (χ3n) is 4.35. The molecule has 3 rings (SSSR count). The minimum atomic E-state index is -0.538. The molecule has 0 radical (unpaired) electrons. The molecule has 2 fully saturated rings. The minimum absolute atomic E-state index is 0.00799. The number of nitrogens with zero attached hydrogens (tertiary/aromatic N) is 2. The number of carbonyl (C=O) groups excluding carboxylic acids is 1. The molecule has 0 aliphatic carbocycles. The molecule has 2 heterocycles. The normalized spacial score (nSPS) is 26.6. The van der Waals surface area contributed by atoms with Gasteiger partial charge in [0.15, 0.2) is 6.10 Å². The second-order valence-corrected chi connectivity index (χ2v) is 6.35. The van der Waals surface area contributed by atoms with Gasteiger partial charge in [0.05, 0.1) is 18.8 Å². The highest BCUT2D eigenvalue weighted by Crippen LogP contribution is 2.23. The Kier molecular flexibility index (Phi) is 4.57. The van der Waals surface area contributed by atoms with Crippen molar-refractivity contribution in [3.8, 4) is 5.75 Å². The number of likely N-dealkylation sites (N-methyl/N-ethyl adjacent to an activating group) is 1. The summed E-state index contributed by atoms with van der Waals surface area (Å²) < 4.78 is 11.5. The maximum atomic E-state index is 12.6. The van der Waals surface area contributed by atoms with Gasteiger partial charge in [-0.1, -0.05) is 17.7 Å². The number of amides is 1. The quantitative estimate of drug-likeness (QED) is 0.848. The molecule has 6 heteroatoms. The number of hydrogen-bond acceptors (Lipinski definition) is 4. The molecule has 0 bridgehead atoms. The number of ether oxygens (including phenoxy) is 2. The predicted molar refractivity (Wildman–Crippen MR) is 84.3 cm³/mol. The average Bonchev–Trinajstić information content (AvgIpc) is 2.92. The molecule has 2 aliphatic rings. The Balaban J connectivity index is 1.61. The van der Waals surface area contributed by atoms with E-state index in [0.717, 1.165) is 13.2 Å². The van der Waals surface area contributed by atoms with Gasteiger partial charge in [-0.25, -0.2) is 0 Å². The van der Waals surface area contributed by atoms with Crippen LogP contribution in [0, 0.1) is 0 Å². The zero-order valence-corrected chi connectivity index (χ0v) is 13.6. The number of carbonyl (C=O) groups is 1. The first-order valence-electron chi connectivity index (χ1n) is 7.57. The van der Waals surface area contributed by atoms with Gasteiger partial charge in [0.2, 0.25) is 0 Å². The Bertz CT molecular complexity index is 554. The van der Waals surface area contributed by atoms with E-state index in [1.807, 2.05) is 11.0 Å². The van der Waals surface area contributed by atoms with Crippen molar-refractivity contribution in [2.45, 2.75) is 25.2 Å². The Labute approximate surface area is 135 Å². The van der Waals surface area contributed by atoms with Crippen LogP contribution in [0.4, 0.5) is 0 Å². The van der Waals surface area contributed by atoms with E-state index in [0.29, 0.717) is 23.9 Å². The first kappa shape index (κ1) is 15.6. The summed E-state index contributed by atoms with van der Waals surface area (Å²) in [4.78, 5) is 16.7. The van der Waals surface area contributed by atoms with Gasteiger partial charge in [-0.15, -0.1) is 0 Å². The predicted octanol–water partition coefficient (Wildman–Crippen LogP) is 1.65. The summed E-state index contributed by atoms with van der Waals surface area (Å²) in [6.45, 7) is 4.75. The lowest BCUT2D eigenvalue weighted by atomic mass is 10.1. The molecule has 3 unspecified atom stereocenters. The lowest BCUT2D eigenvalue weighted by molar-refractivity contribution is -0.137. The van der Waals surface area contributed by atoms with Crippen LogP contribution in [0.5, 0.6) is 5.75 Å². The number of benzene rings is 1. The Morgan fingerprint density at radius 3 is 3.00 bits per heavy atom. The zero-order valence-electron chi connectivity index (χ0n) is 12.9. The second kappa shape index (κ2) is 6.44. The van der Waals surface area contributed by atoms with Gasteiger partial charge in [0.25, 0.3) is 5.91 Å². The number of fused-ring (bicyclic) bond motifs is 1. The van der Waals surface area contributed by atoms with Crippen LogP contribution in [0.15, 0.2) is 24.3 Å². The molecular formula is C16H21ClN2O3. The van der Waals surface area contributed by atoms with Crippen molar-refractivity contribution < 1.29 is 14.3 Å². The summed E-state index contributed by atoms with van der Waals surface area (Å²) >= 11 is 5.94. The van der Waals surface area contributed by atoms with E-state index in [2.05, 4.69) is 11.9 Å². The summed E-state index contributed by atoms with van der Waals surface area (Å²) in [5, 5.41) is 0.597. The van der Waals surface area contributed by atoms with E-state index in [9.17, 15) is 4.79 Å². The minimum Gasteiger partial charge on any atom is -0.481 e. The van der Waals surface area contributed by atoms with Crippen molar-refractivity contribution in [2.75, 3.05) is 33.3 Å². The number of hydrogen-bond donors (Lipinski definition) is 0. The molecular weight excluding hydrogens is 304 g/mol. The highest BCUT2D eigenvalue weighted by Gasteiger charge is 2.41. The molecule has 2 aliphatic heterocycles. The second-order valence-electron chi connectivity index (χ2n) is 5.92. The van der Waals surface area contributed by atoms with E-state index >= 15 is 0 Å². The van der Waals surface area contributed by atoms with E-state index in [-0.39, 0.29) is 18.1 Å². The molecule has 1 aromatic carbocycles. The zero-order chi connectivity index (χ0) is 15.7. The lowest BCUT2D eigenvalue weighted by Gasteiger charge is -2.33. The third-order valence-corrected chi connectivity index (χ3v) is 4.58. The molecule has 0 N–H and O–H groups in total. The third kappa shape index (κ3) is 3.21. The lowest BCUT2D eigenvalue weighted by Crippen LogP contribution is -2.48. The number of halogens is 1. The van der Waals surface area contributed by atoms with Crippen LogP contribution in [0.3, 0.4) is 0 Å². The molecule has 120 valence electrons. The molecule has 2 saturated heterocycles. The Hall–Kier alpha value is -1.30. The largest absolute Gasteiger partial charge is 0.481 e. The Morgan fingerprint density at radius 1 is 1.45 bits per heavy atom. The fourth-order valence-electron chi connectivity index (χ4n) is 3.09. The highest BCUT2D eigenvalue weighted by atomic mass is 35.5. The maximum absolute atomic E-state index is 12.6. The fraction of sp³-hybridized carbons (Fsp3) is 0.562. The van der Waals surface area contributed by atoms with Crippen LogP contribution in [0.1, 0.15) is 6.92 Å². The van der Waals surface area contributed by atoms with Crippen LogP contribution in [0.2, 0.25) is 5.02 Å². The first-order chi connectivity index (χ1) is 10.5. The van der Waals surface area contributed by atoms with Crippen molar-refractivity contribution in [3.63, 3.8) is 0 Å². The van der Waals surface area contributed by atoms with Crippen LogP contribution >= 0.6 is 11.6 Å². The van der Waals surface area contributed by atoms with Gasteiger partial charge >= 0.3 is 0 Å². The smallest absolute Gasteiger partial charge is 0.263 e. The molecule has 1 aromatic rings. The summed E-state index contributed by atoms with van der Waals surface area (Å²) in [5.74, 6) is 0.602. The first-order valence-corrected chi connectivity index (χ1v) is 7.95. The molecule has 1 amide bonds. The van der Waals surface area contributed by atoms with Gasteiger partial charge in [-0.2, -0.15) is 0 Å². The molecule has 3 atom stereocenters. The summed E-state index contributed by atoms with van der Waals surface area (Å²) in [5.41, 5.74) is 0. The number of morpholine rings is 1. The van der Waals surface area contributed by atoms with Crippen molar-refractivity contribution >= 4 is 17.5 Å². The van der Waals surface area contributed by atoms with Crippen LogP contribution in [-0.4, -0.2) is 67.2 Å². The van der Waals surface area contributed by atoms with E-state index in [1.54, 1.807) is 25.1 Å². The molecule has 22 heavy (non-hydrogen) atoms. The standard InChI is InChI=1S/C16H21ClN2O3/c1-11(22-13-5-3-4-12(17)8-13)16(20)19-9-14-15(10-19)21-7-6-18(14)2/h3-5,8,11,14-15H,6-7,9-10H2,1-2H3. The van der Waals surface area contributed by atoms with E-state index < -0.39 is 6.10 Å². The molecule has 0 saturated carbocycles. The topological polar surface area (TPSA) is 42.0 Å². The van der Waals surface area contributed by atoms with Gasteiger partial charge in [0, 0.05) is 24.7 Å². The van der Waals surface area contributed by atoms with Crippen molar-refractivity contribution in [2.24, 2.45) is 0 Å². The fourth-order valence-corrected chi connectivity index (χ4v) is 3.27. The molecule has 0 spiro atoms. The van der Waals surface area contributed by atoms with E-state index in [4.69, 9.17) is 21.1 Å². The van der Waals surface area contributed by atoms with Crippen molar-refractivity contribution in [1.82, 2.24) is 9.80 Å². The highest BCUT2D eigenvalue weighted by molar-refractivity contribution is 6.30. The van der Waals surface area contributed by atoms with Gasteiger partial charge in [-0.05, 0) is 32.2 Å². The number of likely N-dealkylation sites (tertiary alicyclic amines) is 1. The maximum Gasteiger partial charge on any atom is 0.263 e. The summed E-state index contributed by atoms with van der Waals surface area (Å²) in [6.07, 6.45) is -0.426. The van der Waals surface area contributed by atoms with Crippen LogP contribution in [0.25, 0.3) is 0 Å². The van der Waals surface area contributed by atoms with E-state index in [1.165, 1.54) is 0 Å². The van der Waals surface area contributed by atoms with Crippen molar-refractivity contribution in [1.29, 1.82) is 0 Å². The summed E-state index contributed by atoms with van der Waals surface area (Å²) in [7, 11) is 2.08. The molecule has 0 aromatic heterocycles. The Morgan fingerprint density at radius 2 is 2.27 bits per heavy atom. The van der Waals surface area contributed by atoms with Gasteiger partial charge in [-0.3, -0.25) is 9.69 Å². The SMILES string of the molecule is CC(Oc1cccc(Cl)c1)C(=O)N1CC2OCCN(C)C2C1. The number of rotatable bonds is 3. The van der Waals surface area contributed by atoms with Gasteiger partial charge in [0.1, 0.15) is 5.75 Å². The van der Waals surface area contributed by atoms with Crippen LogP contribution < -0.4 is 4.74 Å². The monoisotopic (exact) mass is 324 g/mol. The molecule has 5 nitrogen and oxygen atoms in total. The van der Waals surface area contributed by atoms with Crippen LogP contribution in [-0.2, 0) is 9.53 Å². The van der Waals surface area contributed by atoms with Crippen molar-refractivity contribution in [3.05, 3.63) is 29.3 Å². The van der Waals surface area contributed by atoms with Gasteiger partial charge < -0.3 is 14.4 Å². The average molecular weight is 325 g/mol.